The maximum Gasteiger partial charge on any atom is 0.246 e. The van der Waals surface area contributed by atoms with Crippen molar-refractivity contribution in [3.05, 3.63) is 34.6 Å². The van der Waals surface area contributed by atoms with Crippen LogP contribution in [0.15, 0.2) is 18.2 Å². The smallest absolute Gasteiger partial charge is 0.246 e. The van der Waals surface area contributed by atoms with Gasteiger partial charge in [0, 0.05) is 13.1 Å². The number of rotatable bonds is 2. The van der Waals surface area contributed by atoms with E-state index in [4.69, 9.17) is 11.6 Å². The molecule has 112 valence electrons. The molecule has 0 spiro atoms. The van der Waals surface area contributed by atoms with Crippen molar-refractivity contribution >= 4 is 23.4 Å². The summed E-state index contributed by atoms with van der Waals surface area (Å²) in [6, 6.07) is 3.55. The molecule has 21 heavy (non-hydrogen) atoms. The minimum absolute atomic E-state index is 0.00897. The summed E-state index contributed by atoms with van der Waals surface area (Å²) in [5, 5.41) is 0.0263. The number of piperazine rings is 1. The standard InChI is InChI=1S/C15H16ClFN2O2/c1-9-14(20)18-6-2-3-13(18)15(21)19(9)8-10-4-5-12(17)11(16)7-10/h4-5,7,9,13H,2-3,6,8H2,1H3. The molecule has 1 aromatic rings. The Hall–Kier alpha value is -1.62. The van der Waals surface area contributed by atoms with Crippen molar-refractivity contribution in [2.24, 2.45) is 0 Å². The van der Waals surface area contributed by atoms with Crippen molar-refractivity contribution < 1.29 is 14.0 Å². The molecule has 6 heteroatoms. The second kappa shape index (κ2) is 5.30. The largest absolute Gasteiger partial charge is 0.329 e. The van der Waals surface area contributed by atoms with Gasteiger partial charge in [-0.25, -0.2) is 4.39 Å². The highest BCUT2D eigenvalue weighted by atomic mass is 35.5. The second-order valence-electron chi connectivity index (χ2n) is 5.58. The Morgan fingerprint density at radius 1 is 1.33 bits per heavy atom. The van der Waals surface area contributed by atoms with Gasteiger partial charge in [0.15, 0.2) is 0 Å². The normalized spacial score (nSPS) is 25.5. The van der Waals surface area contributed by atoms with E-state index in [0.717, 1.165) is 18.4 Å². The molecule has 2 saturated heterocycles. The van der Waals surface area contributed by atoms with E-state index in [1.807, 2.05) is 0 Å². The molecule has 0 bridgehead atoms. The van der Waals surface area contributed by atoms with Crippen LogP contribution in [0.2, 0.25) is 5.02 Å². The number of hydrogen-bond acceptors (Lipinski definition) is 2. The van der Waals surface area contributed by atoms with Gasteiger partial charge in [0.2, 0.25) is 11.8 Å². The number of carbonyl (C=O) groups excluding carboxylic acids is 2. The molecule has 2 aliphatic heterocycles. The Kier molecular flexibility index (Phi) is 3.61. The molecule has 2 unspecified atom stereocenters. The van der Waals surface area contributed by atoms with E-state index in [1.54, 1.807) is 22.8 Å². The van der Waals surface area contributed by atoms with E-state index in [-0.39, 0.29) is 29.4 Å². The number of nitrogens with zero attached hydrogens (tertiary/aromatic N) is 2. The van der Waals surface area contributed by atoms with Crippen LogP contribution in [0.25, 0.3) is 0 Å². The van der Waals surface area contributed by atoms with E-state index < -0.39 is 11.9 Å². The molecule has 0 aliphatic carbocycles. The third kappa shape index (κ3) is 2.39. The minimum atomic E-state index is -0.490. The summed E-state index contributed by atoms with van der Waals surface area (Å²) in [6.07, 6.45) is 1.59. The van der Waals surface area contributed by atoms with Crippen LogP contribution < -0.4 is 0 Å². The molecular formula is C15H16ClFN2O2. The lowest BCUT2D eigenvalue weighted by molar-refractivity contribution is -0.159. The number of benzene rings is 1. The summed E-state index contributed by atoms with van der Waals surface area (Å²) in [5.41, 5.74) is 0.723. The summed E-state index contributed by atoms with van der Waals surface area (Å²) in [5.74, 6) is -0.526. The van der Waals surface area contributed by atoms with Crippen LogP contribution in [0.1, 0.15) is 25.3 Å². The van der Waals surface area contributed by atoms with E-state index in [0.29, 0.717) is 6.54 Å². The van der Waals surface area contributed by atoms with E-state index in [1.165, 1.54) is 12.1 Å². The second-order valence-corrected chi connectivity index (χ2v) is 5.99. The van der Waals surface area contributed by atoms with Gasteiger partial charge in [-0.15, -0.1) is 0 Å². The van der Waals surface area contributed by atoms with Crippen LogP contribution in [0.4, 0.5) is 4.39 Å². The Balaban J connectivity index is 1.85. The number of carbonyl (C=O) groups is 2. The molecule has 2 aliphatic rings. The first-order valence-electron chi connectivity index (χ1n) is 7.04. The average Bonchev–Trinajstić information content (AvgIpc) is 2.95. The van der Waals surface area contributed by atoms with Crippen molar-refractivity contribution in [1.82, 2.24) is 9.80 Å². The molecule has 0 radical (unpaired) electrons. The number of hydrogen-bond donors (Lipinski definition) is 0. The van der Waals surface area contributed by atoms with Crippen LogP contribution in [0, 0.1) is 5.82 Å². The van der Waals surface area contributed by atoms with E-state index in [9.17, 15) is 14.0 Å². The molecule has 2 fully saturated rings. The molecule has 2 heterocycles. The lowest BCUT2D eigenvalue weighted by atomic mass is 10.0. The first-order valence-corrected chi connectivity index (χ1v) is 7.41. The molecule has 1 aromatic carbocycles. The molecule has 2 amide bonds. The first kappa shape index (κ1) is 14.3. The van der Waals surface area contributed by atoms with Crippen LogP contribution in [0.3, 0.4) is 0 Å². The monoisotopic (exact) mass is 310 g/mol. The van der Waals surface area contributed by atoms with Crippen molar-refractivity contribution in [1.29, 1.82) is 0 Å². The lowest BCUT2D eigenvalue weighted by Crippen LogP contribution is -2.61. The van der Waals surface area contributed by atoms with E-state index in [2.05, 4.69) is 0 Å². The van der Waals surface area contributed by atoms with E-state index >= 15 is 0 Å². The predicted molar refractivity (Wildman–Crippen MR) is 76.2 cm³/mol. The van der Waals surface area contributed by atoms with Crippen molar-refractivity contribution in [3.8, 4) is 0 Å². The van der Waals surface area contributed by atoms with Crippen LogP contribution >= 0.6 is 11.6 Å². The van der Waals surface area contributed by atoms with Gasteiger partial charge in [-0.3, -0.25) is 9.59 Å². The van der Waals surface area contributed by atoms with Crippen LogP contribution in [-0.2, 0) is 16.1 Å². The first-order chi connectivity index (χ1) is 9.99. The molecule has 0 aromatic heterocycles. The van der Waals surface area contributed by atoms with Gasteiger partial charge in [0.1, 0.15) is 17.9 Å². The summed E-state index contributed by atoms with van der Waals surface area (Å²) in [6.45, 7) is 2.67. The Bertz CT molecular complexity index is 607. The molecule has 4 nitrogen and oxygen atoms in total. The van der Waals surface area contributed by atoms with Gasteiger partial charge in [-0.05, 0) is 37.5 Å². The van der Waals surface area contributed by atoms with Crippen molar-refractivity contribution in [2.75, 3.05) is 6.54 Å². The highest BCUT2D eigenvalue weighted by Gasteiger charge is 2.45. The highest BCUT2D eigenvalue weighted by molar-refractivity contribution is 6.30. The SMILES string of the molecule is CC1C(=O)N2CCCC2C(=O)N1Cc1ccc(F)c(Cl)c1. The van der Waals surface area contributed by atoms with Gasteiger partial charge in [-0.1, -0.05) is 17.7 Å². The summed E-state index contributed by atoms with van der Waals surface area (Å²) >= 11 is 5.77. The maximum atomic E-state index is 13.2. The number of halogens is 2. The van der Waals surface area contributed by atoms with Crippen molar-refractivity contribution in [3.63, 3.8) is 0 Å². The Morgan fingerprint density at radius 2 is 2.10 bits per heavy atom. The van der Waals surface area contributed by atoms with Crippen LogP contribution in [-0.4, -0.2) is 40.2 Å². The number of fused-ring (bicyclic) bond motifs is 1. The fourth-order valence-corrected chi connectivity index (χ4v) is 3.30. The molecule has 3 rings (SSSR count). The van der Waals surface area contributed by atoms with Gasteiger partial charge in [0.05, 0.1) is 5.02 Å². The van der Waals surface area contributed by atoms with Crippen molar-refractivity contribution in [2.45, 2.75) is 38.4 Å². The zero-order valence-corrected chi connectivity index (χ0v) is 12.4. The van der Waals surface area contributed by atoms with Gasteiger partial charge in [-0.2, -0.15) is 0 Å². The van der Waals surface area contributed by atoms with Gasteiger partial charge < -0.3 is 9.80 Å². The Morgan fingerprint density at radius 3 is 2.81 bits per heavy atom. The fourth-order valence-electron chi connectivity index (χ4n) is 3.09. The topological polar surface area (TPSA) is 40.6 Å². The summed E-state index contributed by atoms with van der Waals surface area (Å²) in [7, 11) is 0. The Labute approximate surface area is 127 Å². The summed E-state index contributed by atoms with van der Waals surface area (Å²) in [4.78, 5) is 28.1. The zero-order chi connectivity index (χ0) is 15.1. The predicted octanol–water partition coefficient (Wildman–Crippen LogP) is 2.20. The zero-order valence-electron chi connectivity index (χ0n) is 11.7. The molecule has 0 N–H and O–H groups in total. The molecular weight excluding hydrogens is 295 g/mol. The molecule has 0 saturated carbocycles. The minimum Gasteiger partial charge on any atom is -0.329 e. The quantitative estimate of drug-likeness (QED) is 0.840. The third-order valence-electron chi connectivity index (χ3n) is 4.27. The lowest BCUT2D eigenvalue weighted by Gasteiger charge is -2.41. The summed E-state index contributed by atoms with van der Waals surface area (Å²) < 4.78 is 13.2. The van der Waals surface area contributed by atoms with Gasteiger partial charge >= 0.3 is 0 Å². The highest BCUT2D eigenvalue weighted by Crippen LogP contribution is 2.28. The fraction of sp³-hybridized carbons (Fsp3) is 0.467. The third-order valence-corrected chi connectivity index (χ3v) is 4.56. The number of amides is 2. The maximum absolute atomic E-state index is 13.2. The average molecular weight is 311 g/mol. The van der Waals surface area contributed by atoms with Gasteiger partial charge in [0.25, 0.3) is 0 Å². The molecule has 2 atom stereocenters. The van der Waals surface area contributed by atoms with Crippen LogP contribution in [0.5, 0.6) is 0 Å².